The Bertz CT molecular complexity index is 586. The quantitative estimate of drug-likeness (QED) is 0.826. The summed E-state index contributed by atoms with van der Waals surface area (Å²) in [7, 11) is 0. The van der Waals surface area contributed by atoms with Crippen LogP contribution >= 0.6 is 0 Å². The van der Waals surface area contributed by atoms with Crippen molar-refractivity contribution in [3.63, 3.8) is 0 Å². The van der Waals surface area contributed by atoms with Crippen molar-refractivity contribution in [1.82, 2.24) is 14.9 Å². The number of rotatable bonds is 6. The van der Waals surface area contributed by atoms with Crippen molar-refractivity contribution >= 4 is 0 Å². The zero-order valence-corrected chi connectivity index (χ0v) is 12.9. The lowest BCUT2D eigenvalue weighted by Gasteiger charge is -2.16. The molecule has 1 aromatic carbocycles. The van der Waals surface area contributed by atoms with E-state index in [1.165, 1.54) is 41.8 Å². The number of likely N-dealkylation sites (N-methyl/N-ethyl adjacent to an activating group) is 1. The molecule has 21 heavy (non-hydrogen) atoms. The van der Waals surface area contributed by atoms with E-state index in [0.717, 1.165) is 32.5 Å². The van der Waals surface area contributed by atoms with Gasteiger partial charge < -0.3 is 9.88 Å². The summed E-state index contributed by atoms with van der Waals surface area (Å²) in [5, 5.41) is 3.41. The van der Waals surface area contributed by atoms with Gasteiger partial charge in [-0.15, -0.1) is 0 Å². The van der Waals surface area contributed by atoms with E-state index in [2.05, 4.69) is 46.1 Å². The van der Waals surface area contributed by atoms with Gasteiger partial charge in [0.25, 0.3) is 0 Å². The number of benzene rings is 1. The molecule has 0 atom stereocenters. The molecular formula is C18H25N3. The first-order chi connectivity index (χ1) is 10.4. The predicted octanol–water partition coefficient (Wildman–Crippen LogP) is 2.96. The Kier molecular flexibility index (Phi) is 4.71. The summed E-state index contributed by atoms with van der Waals surface area (Å²) >= 11 is 0. The third kappa shape index (κ3) is 3.35. The summed E-state index contributed by atoms with van der Waals surface area (Å²) in [5.74, 6) is 0. The van der Waals surface area contributed by atoms with Gasteiger partial charge in [-0.2, -0.15) is 0 Å². The highest BCUT2D eigenvalue weighted by molar-refractivity contribution is 5.29. The second-order valence-corrected chi connectivity index (χ2v) is 5.85. The van der Waals surface area contributed by atoms with E-state index in [-0.39, 0.29) is 0 Å². The summed E-state index contributed by atoms with van der Waals surface area (Å²) in [6.45, 7) is 5.21. The minimum Gasteiger partial charge on any atom is -0.330 e. The topological polar surface area (TPSA) is 29.9 Å². The van der Waals surface area contributed by atoms with Crippen molar-refractivity contribution in [1.29, 1.82) is 0 Å². The number of fused-ring (bicyclic) bond motifs is 1. The molecule has 0 unspecified atom stereocenters. The maximum Gasteiger partial charge on any atom is 0.0954 e. The largest absolute Gasteiger partial charge is 0.330 e. The number of nitrogens with zero attached hydrogens (tertiary/aromatic N) is 2. The van der Waals surface area contributed by atoms with Crippen LogP contribution in [0.1, 0.15) is 42.3 Å². The minimum absolute atomic E-state index is 0.963. The van der Waals surface area contributed by atoms with E-state index >= 15 is 0 Å². The van der Waals surface area contributed by atoms with Crippen LogP contribution in [-0.2, 0) is 25.8 Å². The lowest BCUT2D eigenvalue weighted by Crippen LogP contribution is -2.17. The molecule has 0 aliphatic heterocycles. The maximum atomic E-state index is 4.61. The molecule has 0 spiro atoms. The lowest BCUT2D eigenvalue weighted by molar-refractivity contribution is 0.626. The number of imidazole rings is 1. The van der Waals surface area contributed by atoms with E-state index < -0.39 is 0 Å². The summed E-state index contributed by atoms with van der Waals surface area (Å²) in [4.78, 5) is 4.61. The molecule has 1 aromatic heterocycles. The molecule has 1 aliphatic carbocycles. The number of hydrogen-bond acceptors (Lipinski definition) is 2. The van der Waals surface area contributed by atoms with Crippen LogP contribution in [0.25, 0.3) is 0 Å². The molecular weight excluding hydrogens is 258 g/mol. The van der Waals surface area contributed by atoms with E-state index in [1.807, 2.05) is 6.33 Å². The third-order valence-corrected chi connectivity index (χ3v) is 4.39. The van der Waals surface area contributed by atoms with E-state index in [4.69, 9.17) is 0 Å². The summed E-state index contributed by atoms with van der Waals surface area (Å²) < 4.78 is 2.36. The van der Waals surface area contributed by atoms with Crippen LogP contribution < -0.4 is 5.32 Å². The summed E-state index contributed by atoms with van der Waals surface area (Å²) in [6.07, 6.45) is 8.08. The molecule has 0 fully saturated rings. The van der Waals surface area contributed by atoms with Crippen LogP contribution in [0.4, 0.5) is 0 Å². The van der Waals surface area contributed by atoms with E-state index in [9.17, 15) is 0 Å². The second-order valence-electron chi connectivity index (χ2n) is 5.85. The van der Waals surface area contributed by atoms with Crippen molar-refractivity contribution in [3.8, 4) is 0 Å². The normalized spacial score (nSPS) is 14.1. The first-order valence-corrected chi connectivity index (χ1v) is 8.19. The number of aromatic nitrogens is 2. The molecule has 1 N–H and O–H groups in total. The fraction of sp³-hybridized carbons (Fsp3) is 0.500. The first-order valence-electron chi connectivity index (χ1n) is 8.19. The highest BCUT2D eigenvalue weighted by atomic mass is 15.1. The van der Waals surface area contributed by atoms with Crippen LogP contribution in [0.3, 0.4) is 0 Å². The Morgan fingerprint density at radius 3 is 2.81 bits per heavy atom. The first kappa shape index (κ1) is 14.3. The van der Waals surface area contributed by atoms with E-state index in [1.54, 1.807) is 0 Å². The van der Waals surface area contributed by atoms with E-state index in [0.29, 0.717) is 0 Å². The van der Waals surface area contributed by atoms with Crippen LogP contribution in [0.2, 0.25) is 0 Å². The van der Waals surface area contributed by atoms with Crippen molar-refractivity contribution in [2.24, 2.45) is 0 Å². The van der Waals surface area contributed by atoms with Crippen molar-refractivity contribution < 1.29 is 0 Å². The van der Waals surface area contributed by atoms with Gasteiger partial charge in [-0.25, -0.2) is 4.98 Å². The molecule has 1 aliphatic rings. The fourth-order valence-corrected chi connectivity index (χ4v) is 3.21. The van der Waals surface area contributed by atoms with Gasteiger partial charge in [0.05, 0.1) is 12.0 Å². The van der Waals surface area contributed by atoms with Crippen molar-refractivity contribution in [2.75, 3.05) is 13.1 Å². The lowest BCUT2D eigenvalue weighted by atomic mass is 10.0. The SMILES string of the molecule is CCNCCc1ccccc1Cn1cnc2c1CCCC2. The average molecular weight is 283 g/mol. The monoisotopic (exact) mass is 283 g/mol. The van der Waals surface area contributed by atoms with Gasteiger partial charge in [-0.3, -0.25) is 0 Å². The molecule has 3 nitrogen and oxygen atoms in total. The molecule has 0 saturated carbocycles. The molecule has 112 valence electrons. The van der Waals surface area contributed by atoms with Crippen LogP contribution in [0, 0.1) is 0 Å². The van der Waals surface area contributed by atoms with Crippen LogP contribution in [0.5, 0.6) is 0 Å². The Morgan fingerprint density at radius 1 is 1.14 bits per heavy atom. The molecule has 0 bridgehead atoms. The Morgan fingerprint density at radius 2 is 1.95 bits per heavy atom. The van der Waals surface area contributed by atoms with Gasteiger partial charge in [-0.1, -0.05) is 31.2 Å². The van der Waals surface area contributed by atoms with Crippen molar-refractivity contribution in [2.45, 2.75) is 45.6 Å². The highest BCUT2D eigenvalue weighted by Gasteiger charge is 2.15. The van der Waals surface area contributed by atoms with Crippen LogP contribution in [-0.4, -0.2) is 22.6 Å². The maximum absolute atomic E-state index is 4.61. The minimum atomic E-state index is 0.963. The van der Waals surface area contributed by atoms with Gasteiger partial charge in [0.15, 0.2) is 0 Å². The average Bonchev–Trinajstić information content (AvgIpc) is 2.93. The zero-order valence-electron chi connectivity index (χ0n) is 12.9. The molecule has 2 aromatic rings. The van der Waals surface area contributed by atoms with Crippen LogP contribution in [0.15, 0.2) is 30.6 Å². The van der Waals surface area contributed by atoms with Gasteiger partial charge in [-0.05, 0) is 56.3 Å². The fourth-order valence-electron chi connectivity index (χ4n) is 3.21. The third-order valence-electron chi connectivity index (χ3n) is 4.39. The zero-order chi connectivity index (χ0) is 14.5. The van der Waals surface area contributed by atoms with Gasteiger partial charge in [0, 0.05) is 12.2 Å². The summed E-state index contributed by atoms with van der Waals surface area (Å²) in [5.41, 5.74) is 5.67. The molecule has 3 rings (SSSR count). The molecule has 0 saturated heterocycles. The molecule has 0 radical (unpaired) electrons. The Hall–Kier alpha value is -1.61. The number of hydrogen-bond donors (Lipinski definition) is 1. The standard InChI is InChI=1S/C18H25N3/c1-2-19-12-11-15-7-3-4-8-16(15)13-21-14-20-17-9-5-6-10-18(17)21/h3-4,7-8,14,19H,2,5-6,9-13H2,1H3. The Balaban J connectivity index is 1.77. The second kappa shape index (κ2) is 6.90. The van der Waals surface area contributed by atoms with Crippen molar-refractivity contribution in [3.05, 3.63) is 53.1 Å². The number of aryl methyl sites for hydroxylation is 1. The Labute approximate surface area is 127 Å². The molecule has 0 amide bonds. The van der Waals surface area contributed by atoms with Gasteiger partial charge in [0.1, 0.15) is 0 Å². The number of nitrogens with one attached hydrogen (secondary N) is 1. The molecule has 1 heterocycles. The van der Waals surface area contributed by atoms with Gasteiger partial charge >= 0.3 is 0 Å². The summed E-state index contributed by atoms with van der Waals surface area (Å²) in [6, 6.07) is 8.82. The predicted molar refractivity (Wildman–Crippen MR) is 86.7 cm³/mol. The highest BCUT2D eigenvalue weighted by Crippen LogP contribution is 2.21. The molecule has 3 heteroatoms. The smallest absolute Gasteiger partial charge is 0.0954 e. The van der Waals surface area contributed by atoms with Gasteiger partial charge in [0.2, 0.25) is 0 Å².